The molecule has 3 saturated heterocycles. The van der Waals surface area contributed by atoms with E-state index in [0.29, 0.717) is 0 Å². The number of rotatable bonds is 6. The highest BCUT2D eigenvalue weighted by Crippen LogP contribution is 2.37. The van der Waals surface area contributed by atoms with Crippen molar-refractivity contribution in [3.05, 3.63) is 120 Å². The number of piperidine rings is 2. The normalized spacial score (nSPS) is 20.5. The highest BCUT2D eigenvalue weighted by Gasteiger charge is 2.67. The van der Waals surface area contributed by atoms with Crippen LogP contribution in [0.3, 0.4) is 0 Å². The SMILES string of the molecule is O=C1N[C@@]2(C(=O)OCc3c4ccccc4cc4ccccc34)CC[C@]1(C(=O)OCc1c3ccccc3cc3ccccc13)NC2=O. The second kappa shape index (κ2) is 10.4. The van der Waals surface area contributed by atoms with Crippen molar-refractivity contribution in [1.29, 1.82) is 0 Å². The van der Waals surface area contributed by atoms with Gasteiger partial charge in [-0.2, -0.15) is 0 Å². The number of hydrogen-bond acceptors (Lipinski definition) is 6. The highest BCUT2D eigenvalue weighted by atomic mass is 16.5. The molecule has 8 heteroatoms. The summed E-state index contributed by atoms with van der Waals surface area (Å²) in [7, 11) is 0. The molecular formula is C38H28N2O6. The van der Waals surface area contributed by atoms with Crippen molar-refractivity contribution in [2.45, 2.75) is 37.1 Å². The van der Waals surface area contributed by atoms with Crippen molar-refractivity contribution in [2.24, 2.45) is 0 Å². The van der Waals surface area contributed by atoms with Crippen LogP contribution in [0.4, 0.5) is 0 Å². The van der Waals surface area contributed by atoms with Crippen molar-refractivity contribution < 1.29 is 28.7 Å². The minimum Gasteiger partial charge on any atom is -0.459 e. The molecule has 8 nitrogen and oxygen atoms in total. The van der Waals surface area contributed by atoms with Crippen molar-refractivity contribution >= 4 is 66.8 Å². The summed E-state index contributed by atoms with van der Waals surface area (Å²) in [4.78, 5) is 54.2. The summed E-state index contributed by atoms with van der Waals surface area (Å²) >= 11 is 0. The minimum absolute atomic E-state index is 0.0994. The Labute approximate surface area is 263 Å². The van der Waals surface area contributed by atoms with Crippen molar-refractivity contribution in [3.8, 4) is 0 Å². The number of hydrogen-bond donors (Lipinski definition) is 2. The lowest BCUT2D eigenvalue weighted by Gasteiger charge is -2.48. The van der Waals surface area contributed by atoms with Crippen molar-refractivity contribution in [1.82, 2.24) is 10.6 Å². The smallest absolute Gasteiger partial charge is 0.342 e. The number of ether oxygens (including phenoxy) is 2. The maximum atomic E-state index is 13.6. The van der Waals surface area contributed by atoms with Gasteiger partial charge in [-0.1, -0.05) is 97.1 Å². The van der Waals surface area contributed by atoms with E-state index in [-0.39, 0.29) is 26.1 Å². The fraction of sp³-hybridized carbons (Fsp3) is 0.158. The first kappa shape index (κ1) is 27.8. The molecular weight excluding hydrogens is 580 g/mol. The average molecular weight is 609 g/mol. The van der Waals surface area contributed by atoms with Gasteiger partial charge in [0, 0.05) is 11.1 Å². The molecule has 0 aliphatic carbocycles. The minimum atomic E-state index is -1.94. The van der Waals surface area contributed by atoms with Crippen LogP contribution in [0, 0.1) is 0 Å². The number of fused-ring (bicyclic) bond motifs is 7. The molecule has 9 rings (SSSR count). The Kier molecular flexibility index (Phi) is 6.28. The van der Waals surface area contributed by atoms with Gasteiger partial charge in [-0.3, -0.25) is 9.59 Å². The summed E-state index contributed by atoms with van der Waals surface area (Å²) in [5, 5.41) is 12.7. The van der Waals surface area contributed by atoms with E-state index in [0.717, 1.165) is 54.2 Å². The van der Waals surface area contributed by atoms with Crippen LogP contribution in [-0.2, 0) is 41.9 Å². The van der Waals surface area contributed by atoms with Crippen LogP contribution in [0.1, 0.15) is 24.0 Å². The molecule has 0 radical (unpaired) electrons. The first-order chi connectivity index (χ1) is 22.4. The lowest BCUT2D eigenvalue weighted by molar-refractivity contribution is -0.178. The molecule has 2 atom stereocenters. The zero-order chi connectivity index (χ0) is 31.5. The van der Waals surface area contributed by atoms with E-state index < -0.39 is 34.8 Å². The monoisotopic (exact) mass is 608 g/mol. The van der Waals surface area contributed by atoms with Gasteiger partial charge in [0.2, 0.25) is 11.1 Å². The van der Waals surface area contributed by atoms with Gasteiger partial charge in [0.05, 0.1) is 0 Å². The Morgan fingerprint density at radius 3 is 1.13 bits per heavy atom. The number of piperazine rings is 1. The average Bonchev–Trinajstić information content (AvgIpc) is 3.08. The van der Waals surface area contributed by atoms with Gasteiger partial charge in [0.25, 0.3) is 11.8 Å². The van der Waals surface area contributed by atoms with Crippen molar-refractivity contribution in [3.63, 3.8) is 0 Å². The Hall–Kier alpha value is -5.76. The fourth-order valence-corrected chi connectivity index (χ4v) is 6.98. The molecule has 3 aliphatic rings. The molecule has 0 spiro atoms. The van der Waals surface area contributed by atoms with Gasteiger partial charge in [-0.05, 0) is 68.1 Å². The van der Waals surface area contributed by atoms with Gasteiger partial charge < -0.3 is 20.1 Å². The molecule has 2 amide bonds. The van der Waals surface area contributed by atoms with E-state index in [1.54, 1.807) is 0 Å². The van der Waals surface area contributed by atoms with Crippen LogP contribution < -0.4 is 10.6 Å². The molecule has 3 aliphatic heterocycles. The fourth-order valence-electron chi connectivity index (χ4n) is 6.98. The summed E-state index contributed by atoms with van der Waals surface area (Å²) in [6.45, 7) is -0.199. The van der Waals surface area contributed by atoms with Gasteiger partial charge in [-0.25, -0.2) is 9.59 Å². The molecule has 0 aromatic heterocycles. The van der Waals surface area contributed by atoms with Crippen LogP contribution in [0.25, 0.3) is 43.1 Å². The Morgan fingerprint density at radius 1 is 0.522 bits per heavy atom. The molecule has 0 unspecified atom stereocenters. The first-order valence-electron chi connectivity index (χ1n) is 15.2. The standard InChI is InChI=1S/C38H28N2O6/c41-33-37(35(43)45-21-31-27-13-5-1-9-23(27)19-24-10-2-6-14-28(24)31)17-18-38(40-33,34(42)39-37)36(44)46-22-32-29-15-7-3-11-25(29)20-26-12-4-8-16-30(26)32/h1-16,19-20H,17-18,21-22H2,(H,39,42)(H,40,41)/t37-,38-/m0/s1. The molecule has 3 heterocycles. The molecule has 2 bridgehead atoms. The number of benzene rings is 6. The van der Waals surface area contributed by atoms with E-state index in [2.05, 4.69) is 22.8 Å². The lowest BCUT2D eigenvalue weighted by atomic mass is 9.73. The van der Waals surface area contributed by atoms with Gasteiger partial charge >= 0.3 is 11.9 Å². The van der Waals surface area contributed by atoms with E-state index in [4.69, 9.17) is 9.47 Å². The summed E-state index contributed by atoms with van der Waals surface area (Å²) in [5.74, 6) is -3.34. The molecule has 2 N–H and O–H groups in total. The van der Waals surface area contributed by atoms with E-state index in [9.17, 15) is 19.2 Å². The maximum Gasteiger partial charge on any atom is 0.342 e. The van der Waals surface area contributed by atoms with Gasteiger partial charge in [0.1, 0.15) is 13.2 Å². The number of carbonyl (C=O) groups is 4. The molecule has 6 aromatic rings. The zero-order valence-electron chi connectivity index (χ0n) is 24.7. The number of carbonyl (C=O) groups excluding carboxylic acids is 4. The predicted molar refractivity (Wildman–Crippen MR) is 173 cm³/mol. The third-order valence-corrected chi connectivity index (χ3v) is 9.46. The van der Waals surface area contributed by atoms with E-state index in [1.807, 2.05) is 97.1 Å². The molecule has 6 aromatic carbocycles. The lowest BCUT2D eigenvalue weighted by Crippen LogP contribution is -2.83. The largest absolute Gasteiger partial charge is 0.459 e. The van der Waals surface area contributed by atoms with Crippen LogP contribution >= 0.6 is 0 Å². The summed E-state index contributed by atoms with van der Waals surface area (Å²) in [6.07, 6.45) is -0.210. The molecule has 46 heavy (non-hydrogen) atoms. The summed E-state index contributed by atoms with van der Waals surface area (Å²) in [6, 6.07) is 35.4. The second-order valence-corrected chi connectivity index (χ2v) is 12.0. The number of esters is 2. The number of nitrogens with one attached hydrogen (secondary N) is 2. The van der Waals surface area contributed by atoms with Crippen LogP contribution in [0.15, 0.2) is 109 Å². The molecule has 3 fully saturated rings. The highest BCUT2D eigenvalue weighted by molar-refractivity contribution is 6.22. The third kappa shape index (κ3) is 4.14. The maximum absolute atomic E-state index is 13.6. The number of amides is 2. The zero-order valence-corrected chi connectivity index (χ0v) is 24.7. The van der Waals surface area contributed by atoms with E-state index >= 15 is 0 Å². The summed E-state index contributed by atoms with van der Waals surface area (Å²) < 4.78 is 11.5. The first-order valence-corrected chi connectivity index (χ1v) is 15.2. The van der Waals surface area contributed by atoms with E-state index in [1.165, 1.54) is 0 Å². The van der Waals surface area contributed by atoms with Gasteiger partial charge in [0.15, 0.2) is 0 Å². The molecule has 0 saturated carbocycles. The Balaban J connectivity index is 1.03. The summed E-state index contributed by atoms with van der Waals surface area (Å²) in [5.41, 5.74) is -2.28. The quantitative estimate of drug-likeness (QED) is 0.145. The predicted octanol–water partition coefficient (Wildman–Crippen LogP) is 5.60. The Morgan fingerprint density at radius 2 is 0.826 bits per heavy atom. The van der Waals surface area contributed by atoms with Crippen molar-refractivity contribution in [2.75, 3.05) is 0 Å². The van der Waals surface area contributed by atoms with Crippen LogP contribution in [-0.4, -0.2) is 34.8 Å². The van der Waals surface area contributed by atoms with Crippen LogP contribution in [0.2, 0.25) is 0 Å². The second-order valence-electron chi connectivity index (χ2n) is 12.0. The Bertz CT molecular complexity index is 2010. The van der Waals surface area contributed by atoms with Gasteiger partial charge in [-0.15, -0.1) is 0 Å². The molecule has 226 valence electrons. The van der Waals surface area contributed by atoms with Crippen LogP contribution in [0.5, 0.6) is 0 Å². The third-order valence-electron chi connectivity index (χ3n) is 9.46. The topological polar surface area (TPSA) is 111 Å².